The fourth-order valence-corrected chi connectivity index (χ4v) is 5.92. The monoisotopic (exact) mass is 298 g/mol. The third-order valence-corrected chi connectivity index (χ3v) is 7.43. The van der Waals surface area contributed by atoms with Crippen molar-refractivity contribution >= 4 is 0 Å². The molecule has 0 radical (unpaired) electrons. The molecule has 0 saturated heterocycles. The molecule has 4 fully saturated rings. The largest absolute Gasteiger partial charge is 0.313 e. The molecule has 4 saturated carbocycles. The highest BCUT2D eigenvalue weighted by Gasteiger charge is 2.54. The molecular formula is C20H30N2. The van der Waals surface area contributed by atoms with E-state index < -0.39 is 0 Å². The van der Waals surface area contributed by atoms with Gasteiger partial charge >= 0.3 is 0 Å². The van der Waals surface area contributed by atoms with Crippen LogP contribution in [0.25, 0.3) is 9.69 Å². The third-order valence-electron chi connectivity index (χ3n) is 7.43. The van der Waals surface area contributed by atoms with Crippen LogP contribution in [0.2, 0.25) is 0 Å². The first-order valence-electron chi connectivity index (χ1n) is 9.00. The summed E-state index contributed by atoms with van der Waals surface area (Å²) in [5.74, 6) is 3.19. The van der Waals surface area contributed by atoms with Crippen LogP contribution < -0.4 is 0 Å². The smallest absolute Gasteiger partial charge is 0.226 e. The second-order valence-electron chi connectivity index (χ2n) is 9.64. The fourth-order valence-electron chi connectivity index (χ4n) is 5.92. The second kappa shape index (κ2) is 5.26. The zero-order valence-corrected chi connectivity index (χ0v) is 14.6. The van der Waals surface area contributed by atoms with E-state index in [1.54, 1.807) is 0 Å². The molecule has 4 aliphatic rings. The predicted molar refractivity (Wildman–Crippen MR) is 90.0 cm³/mol. The van der Waals surface area contributed by atoms with Crippen LogP contribution >= 0.6 is 0 Å². The van der Waals surface area contributed by atoms with E-state index in [0.29, 0.717) is 22.9 Å². The molecule has 0 N–H and O–H groups in total. The van der Waals surface area contributed by atoms with Crippen molar-refractivity contribution in [1.82, 2.24) is 0 Å². The Morgan fingerprint density at radius 1 is 0.682 bits per heavy atom. The number of hydrogen-bond donors (Lipinski definition) is 0. The zero-order valence-electron chi connectivity index (χ0n) is 14.6. The van der Waals surface area contributed by atoms with Gasteiger partial charge in [0.2, 0.25) is 12.1 Å². The van der Waals surface area contributed by atoms with Gasteiger partial charge in [-0.1, -0.05) is 27.7 Å². The summed E-state index contributed by atoms with van der Waals surface area (Å²) in [7, 11) is 0. The van der Waals surface area contributed by atoms with Crippen LogP contribution in [0.4, 0.5) is 0 Å². The molecule has 6 unspecified atom stereocenters. The van der Waals surface area contributed by atoms with Gasteiger partial charge in [-0.15, -0.1) is 0 Å². The summed E-state index contributed by atoms with van der Waals surface area (Å²) in [6.07, 6.45) is 7.62. The van der Waals surface area contributed by atoms with Crippen molar-refractivity contribution < 1.29 is 0 Å². The van der Waals surface area contributed by atoms with Crippen LogP contribution in [0.5, 0.6) is 0 Å². The predicted octanol–water partition coefficient (Wildman–Crippen LogP) is 5.46. The maximum absolute atomic E-state index is 7.01. The Kier molecular flexibility index (Phi) is 3.79. The van der Waals surface area contributed by atoms with Crippen molar-refractivity contribution in [2.75, 3.05) is 0 Å². The van der Waals surface area contributed by atoms with Gasteiger partial charge in [-0.3, -0.25) is 0 Å². The van der Waals surface area contributed by atoms with Crippen molar-refractivity contribution in [2.45, 2.75) is 78.3 Å². The summed E-state index contributed by atoms with van der Waals surface area (Å²) in [5.41, 5.74) is 1.09. The Bertz CT molecular complexity index is 471. The van der Waals surface area contributed by atoms with E-state index in [9.17, 15) is 0 Å². The third kappa shape index (κ3) is 2.56. The van der Waals surface area contributed by atoms with Crippen molar-refractivity contribution in [3.05, 3.63) is 22.8 Å². The number of nitrogens with zero attached hydrogens (tertiary/aromatic N) is 2. The molecule has 0 aliphatic heterocycles. The highest BCUT2D eigenvalue weighted by Crippen LogP contribution is 2.57. The average Bonchev–Trinajstić information content (AvgIpc) is 3.14. The second-order valence-corrected chi connectivity index (χ2v) is 9.64. The Hall–Kier alpha value is -1.02. The van der Waals surface area contributed by atoms with Gasteiger partial charge in [-0.2, -0.15) is 0 Å². The van der Waals surface area contributed by atoms with Crippen LogP contribution in [0.3, 0.4) is 0 Å². The molecule has 0 spiro atoms. The minimum atomic E-state index is 0.382. The molecule has 2 nitrogen and oxygen atoms in total. The van der Waals surface area contributed by atoms with E-state index in [1.165, 1.54) is 38.5 Å². The zero-order chi connectivity index (χ0) is 16.1. The molecule has 0 heterocycles. The van der Waals surface area contributed by atoms with Crippen LogP contribution in [-0.4, -0.2) is 12.1 Å². The minimum Gasteiger partial charge on any atom is -0.313 e. The van der Waals surface area contributed by atoms with E-state index in [4.69, 9.17) is 13.1 Å². The van der Waals surface area contributed by atoms with Crippen molar-refractivity contribution in [1.29, 1.82) is 0 Å². The normalized spacial score (nSPS) is 45.7. The van der Waals surface area contributed by atoms with Crippen molar-refractivity contribution in [3.8, 4) is 0 Å². The van der Waals surface area contributed by atoms with E-state index in [-0.39, 0.29) is 0 Å². The van der Waals surface area contributed by atoms with Crippen LogP contribution in [0.15, 0.2) is 0 Å². The summed E-state index contributed by atoms with van der Waals surface area (Å²) >= 11 is 0. The molecule has 120 valence electrons. The summed E-state index contributed by atoms with van der Waals surface area (Å²) < 4.78 is 0. The first kappa shape index (κ1) is 15.9. The Morgan fingerprint density at radius 2 is 1.05 bits per heavy atom. The van der Waals surface area contributed by atoms with Crippen molar-refractivity contribution in [2.24, 2.45) is 34.5 Å². The lowest BCUT2D eigenvalue weighted by Crippen LogP contribution is -2.25. The minimum absolute atomic E-state index is 0.382. The molecule has 0 aromatic heterocycles. The van der Waals surface area contributed by atoms with Crippen molar-refractivity contribution in [3.63, 3.8) is 0 Å². The van der Waals surface area contributed by atoms with Gasteiger partial charge in [0.15, 0.2) is 0 Å². The molecule has 4 bridgehead atoms. The Morgan fingerprint density at radius 3 is 1.23 bits per heavy atom. The lowest BCUT2D eigenvalue weighted by atomic mass is 9.75. The highest BCUT2D eigenvalue weighted by molar-refractivity contribution is 5.07. The molecule has 22 heavy (non-hydrogen) atoms. The topological polar surface area (TPSA) is 8.72 Å². The lowest BCUT2D eigenvalue weighted by molar-refractivity contribution is 0.212. The number of rotatable bonds is 0. The molecule has 0 aromatic rings. The molecule has 6 atom stereocenters. The summed E-state index contributed by atoms with van der Waals surface area (Å²) in [4.78, 5) is 7.37. The van der Waals surface area contributed by atoms with Crippen LogP contribution in [-0.2, 0) is 0 Å². The Labute approximate surface area is 136 Å². The first-order valence-corrected chi connectivity index (χ1v) is 9.00. The van der Waals surface area contributed by atoms with Gasteiger partial charge in [0.25, 0.3) is 0 Å². The first-order chi connectivity index (χ1) is 10.3. The van der Waals surface area contributed by atoms with Crippen LogP contribution in [0, 0.1) is 47.6 Å². The van der Waals surface area contributed by atoms with Gasteiger partial charge in [0.05, 0.1) is 0 Å². The lowest BCUT2D eigenvalue weighted by Gasteiger charge is -2.29. The van der Waals surface area contributed by atoms with Gasteiger partial charge in [0.1, 0.15) is 0 Å². The van der Waals surface area contributed by atoms with E-state index in [1.807, 2.05) is 0 Å². The average molecular weight is 298 g/mol. The summed E-state index contributed by atoms with van der Waals surface area (Å²) in [6.45, 7) is 23.5. The Balaban J connectivity index is 0.000000131. The molecule has 2 heteroatoms. The van der Waals surface area contributed by atoms with E-state index in [0.717, 1.165) is 23.7 Å². The maximum Gasteiger partial charge on any atom is 0.226 e. The highest BCUT2D eigenvalue weighted by atomic mass is 14.8. The fraction of sp³-hybridized carbons (Fsp3) is 0.900. The van der Waals surface area contributed by atoms with Gasteiger partial charge in [0, 0.05) is 24.7 Å². The quantitative estimate of drug-likeness (QED) is 0.525. The SMILES string of the molecule is [C-]#[N+]C1CC2CC1CC2(C)C.[C-]#[N+]C1CC2CC1CC2(C)C. The van der Waals surface area contributed by atoms with E-state index >= 15 is 0 Å². The number of fused-ring (bicyclic) bond motifs is 4. The van der Waals surface area contributed by atoms with Gasteiger partial charge in [-0.05, 0) is 48.3 Å². The molecular weight excluding hydrogens is 268 g/mol. The molecule has 4 rings (SSSR count). The molecule has 0 aromatic carbocycles. The van der Waals surface area contributed by atoms with E-state index in [2.05, 4.69) is 37.4 Å². The molecule has 4 aliphatic carbocycles. The molecule has 0 amide bonds. The summed E-state index contributed by atoms with van der Waals surface area (Å²) in [5, 5.41) is 0. The van der Waals surface area contributed by atoms with Gasteiger partial charge in [-0.25, -0.2) is 13.1 Å². The van der Waals surface area contributed by atoms with Gasteiger partial charge < -0.3 is 9.69 Å². The number of hydrogen-bond acceptors (Lipinski definition) is 0. The maximum atomic E-state index is 7.01. The van der Waals surface area contributed by atoms with Crippen LogP contribution in [0.1, 0.15) is 66.2 Å². The summed E-state index contributed by atoms with van der Waals surface area (Å²) in [6, 6.07) is 0.765. The standard InChI is InChI=1S/2C10H15N/c2*1-10(2)6-7-4-8(10)5-9(7)11-3/h2*7-9H,4-6H2,1-2H3.